The van der Waals surface area contributed by atoms with Crippen molar-refractivity contribution in [2.45, 2.75) is 77.6 Å². The molecule has 2 atom stereocenters. The lowest BCUT2D eigenvalue weighted by Gasteiger charge is -2.29. The molecule has 0 saturated heterocycles. The molecule has 2 heteroatoms. The van der Waals surface area contributed by atoms with Crippen LogP contribution in [0.4, 0.5) is 0 Å². The minimum Gasteiger partial charge on any atom is -0.456 e. The van der Waals surface area contributed by atoms with Gasteiger partial charge in [-0.15, -0.1) is 0 Å². The second-order valence-electron chi connectivity index (χ2n) is 10.1. The number of hydrogen-bond donors (Lipinski definition) is 0. The Hall–Kier alpha value is -2.61. The van der Waals surface area contributed by atoms with Gasteiger partial charge in [0.2, 0.25) is 0 Å². The van der Waals surface area contributed by atoms with Crippen LogP contribution in [0.2, 0.25) is 0 Å². The van der Waals surface area contributed by atoms with E-state index in [9.17, 15) is 0 Å². The quantitative estimate of drug-likeness (QED) is 0.330. The second-order valence-corrected chi connectivity index (χ2v) is 10.1. The zero-order valence-electron chi connectivity index (χ0n) is 19.7. The average molecular weight is 412 g/mol. The highest BCUT2D eigenvalue weighted by molar-refractivity contribution is 6.05. The molecule has 2 aromatic heterocycles. The number of pyridine rings is 1. The fraction of sp³-hybridized carbons (Fsp3) is 0.414. The van der Waals surface area contributed by atoms with E-state index in [-0.39, 0.29) is 0 Å². The first-order valence-corrected chi connectivity index (χ1v) is 11.8. The highest BCUT2D eigenvalue weighted by Crippen LogP contribution is 2.61. The predicted molar refractivity (Wildman–Crippen MR) is 131 cm³/mol. The molecule has 2 heterocycles. The topological polar surface area (TPSA) is 26.0 Å². The fourth-order valence-corrected chi connectivity index (χ4v) is 6.13. The third-order valence-electron chi connectivity index (χ3n) is 7.66. The maximum Gasteiger partial charge on any atom is 0.139 e. The summed E-state index contributed by atoms with van der Waals surface area (Å²) in [6.07, 6.45) is 5.89. The number of fused-ring (bicyclic) bond motifs is 8. The van der Waals surface area contributed by atoms with Gasteiger partial charge in [-0.3, -0.25) is 4.98 Å². The molecular formula is C29H33NO. The number of rotatable bonds is 2. The third kappa shape index (κ3) is 2.87. The lowest BCUT2D eigenvalue weighted by atomic mass is 9.75. The molecule has 0 N–H and O–H groups in total. The number of benzene rings is 2. The van der Waals surface area contributed by atoms with Gasteiger partial charge in [-0.05, 0) is 64.8 Å². The summed E-state index contributed by atoms with van der Waals surface area (Å²) in [5, 5.41) is 2.23. The Morgan fingerprint density at radius 1 is 0.871 bits per heavy atom. The molecule has 2 unspecified atom stereocenters. The van der Waals surface area contributed by atoms with Crippen LogP contribution in [0.15, 0.2) is 53.1 Å². The number of aromatic nitrogens is 1. The largest absolute Gasteiger partial charge is 0.456 e. The van der Waals surface area contributed by atoms with Crippen molar-refractivity contribution < 1.29 is 4.42 Å². The smallest absolute Gasteiger partial charge is 0.139 e. The van der Waals surface area contributed by atoms with Crippen LogP contribution >= 0.6 is 0 Å². The lowest BCUT2D eigenvalue weighted by Crippen LogP contribution is -2.19. The molecule has 2 nitrogen and oxygen atoms in total. The molecule has 31 heavy (non-hydrogen) atoms. The second kappa shape index (κ2) is 6.95. The van der Waals surface area contributed by atoms with Gasteiger partial charge in [0.05, 0.1) is 5.69 Å². The van der Waals surface area contributed by atoms with Gasteiger partial charge in [-0.1, -0.05) is 65.8 Å². The summed E-state index contributed by atoms with van der Waals surface area (Å²) >= 11 is 0. The molecule has 0 amide bonds. The van der Waals surface area contributed by atoms with Crippen LogP contribution in [0, 0.1) is 0 Å². The molecule has 6 rings (SSSR count). The van der Waals surface area contributed by atoms with Crippen molar-refractivity contribution in [3.05, 3.63) is 65.4 Å². The zero-order valence-corrected chi connectivity index (χ0v) is 19.7. The van der Waals surface area contributed by atoms with Gasteiger partial charge in [0.1, 0.15) is 11.2 Å². The molecule has 160 valence electrons. The molecule has 4 aromatic rings. The molecule has 0 radical (unpaired) electrons. The van der Waals surface area contributed by atoms with Crippen molar-refractivity contribution in [1.29, 1.82) is 0 Å². The maximum atomic E-state index is 6.15. The minimum absolute atomic E-state index is 0.317. The first-order valence-electron chi connectivity index (χ1n) is 11.8. The summed E-state index contributed by atoms with van der Waals surface area (Å²) < 4.78 is 6.15. The Kier molecular flexibility index (Phi) is 4.55. The van der Waals surface area contributed by atoms with Crippen LogP contribution < -0.4 is 0 Å². The first-order chi connectivity index (χ1) is 14.9. The van der Waals surface area contributed by atoms with E-state index in [1.807, 2.05) is 32.2 Å². The van der Waals surface area contributed by atoms with Crippen LogP contribution in [-0.2, 0) is 10.8 Å². The van der Waals surface area contributed by atoms with E-state index in [0.717, 1.165) is 27.6 Å². The fourth-order valence-electron chi connectivity index (χ4n) is 6.13. The Morgan fingerprint density at radius 2 is 1.55 bits per heavy atom. The van der Waals surface area contributed by atoms with Crippen LogP contribution in [-0.4, -0.2) is 4.98 Å². The van der Waals surface area contributed by atoms with Crippen LogP contribution in [0.1, 0.15) is 83.4 Å². The summed E-state index contributed by atoms with van der Waals surface area (Å²) in [6, 6.07) is 15.3. The first kappa shape index (κ1) is 20.3. The molecule has 2 aromatic carbocycles. The monoisotopic (exact) mass is 411 g/mol. The standard InChI is InChI=1S/C27H27NO.C2H6/c1-16(2)18-11-21-22(27(4)10-9-26(21,3)15-27)12-19(18)23-13-25-20(14-28-23)17-7-5-6-8-24(17)29-25;1-2/h5-8,11-14,16H,9-10,15H2,1-4H3;1-2H3. The lowest BCUT2D eigenvalue weighted by molar-refractivity contribution is 0.484. The maximum absolute atomic E-state index is 6.15. The van der Waals surface area contributed by atoms with Gasteiger partial charge >= 0.3 is 0 Å². The van der Waals surface area contributed by atoms with Gasteiger partial charge in [0.25, 0.3) is 0 Å². The van der Waals surface area contributed by atoms with Crippen LogP contribution in [0.5, 0.6) is 0 Å². The summed E-state index contributed by atoms with van der Waals surface area (Å²) in [5.41, 5.74) is 9.37. The van der Waals surface area contributed by atoms with Crippen molar-refractivity contribution in [1.82, 2.24) is 4.98 Å². The molecule has 1 saturated carbocycles. The number of para-hydroxylation sites is 1. The normalized spacial score (nSPS) is 24.0. The Balaban J connectivity index is 0.000000994. The molecule has 1 fully saturated rings. The van der Waals surface area contributed by atoms with E-state index in [2.05, 4.69) is 58.0 Å². The molecule has 2 aliphatic rings. The van der Waals surface area contributed by atoms with E-state index >= 15 is 0 Å². The van der Waals surface area contributed by atoms with Crippen LogP contribution in [0.25, 0.3) is 33.2 Å². The molecule has 0 aliphatic heterocycles. The van der Waals surface area contributed by atoms with Crippen LogP contribution in [0.3, 0.4) is 0 Å². The van der Waals surface area contributed by atoms with E-state index in [4.69, 9.17) is 9.40 Å². The van der Waals surface area contributed by atoms with E-state index < -0.39 is 0 Å². The van der Waals surface area contributed by atoms with Gasteiger partial charge < -0.3 is 4.42 Å². The Labute approximate surface area is 185 Å². The van der Waals surface area contributed by atoms with Gasteiger partial charge in [-0.2, -0.15) is 0 Å². The number of hydrogen-bond acceptors (Lipinski definition) is 2. The summed E-state index contributed by atoms with van der Waals surface area (Å²) in [5.74, 6) is 0.457. The van der Waals surface area contributed by atoms with Crippen molar-refractivity contribution in [2.75, 3.05) is 0 Å². The highest BCUT2D eigenvalue weighted by atomic mass is 16.3. The highest BCUT2D eigenvalue weighted by Gasteiger charge is 2.53. The summed E-state index contributed by atoms with van der Waals surface area (Å²) in [7, 11) is 0. The Bertz CT molecular complexity index is 1300. The Morgan fingerprint density at radius 3 is 2.26 bits per heavy atom. The SMILES string of the molecule is CC.CC(C)c1cc2c(cc1-c1cc3oc4ccccc4c3cn1)C1(C)CCC2(C)C1. The zero-order chi connectivity index (χ0) is 22.0. The van der Waals surface area contributed by atoms with Crippen molar-refractivity contribution in [3.63, 3.8) is 0 Å². The molecular weight excluding hydrogens is 378 g/mol. The van der Waals surface area contributed by atoms with Gasteiger partial charge in [0, 0.05) is 28.6 Å². The number of furan rings is 1. The van der Waals surface area contributed by atoms with Crippen molar-refractivity contribution >= 4 is 21.9 Å². The van der Waals surface area contributed by atoms with Crippen molar-refractivity contribution in [3.8, 4) is 11.3 Å². The predicted octanol–water partition coefficient (Wildman–Crippen LogP) is 8.51. The van der Waals surface area contributed by atoms with Gasteiger partial charge in [0.15, 0.2) is 0 Å². The third-order valence-corrected chi connectivity index (χ3v) is 7.66. The van der Waals surface area contributed by atoms with E-state index in [0.29, 0.717) is 16.7 Å². The molecule has 0 spiro atoms. The summed E-state index contributed by atoms with van der Waals surface area (Å²) in [6.45, 7) is 13.5. The average Bonchev–Trinajstić information content (AvgIpc) is 3.38. The minimum atomic E-state index is 0.317. The summed E-state index contributed by atoms with van der Waals surface area (Å²) in [4.78, 5) is 4.91. The van der Waals surface area contributed by atoms with Crippen molar-refractivity contribution in [2.24, 2.45) is 0 Å². The van der Waals surface area contributed by atoms with E-state index in [1.54, 1.807) is 11.1 Å². The van der Waals surface area contributed by atoms with E-state index in [1.165, 1.54) is 30.4 Å². The molecule has 2 bridgehead atoms. The molecule has 2 aliphatic carbocycles. The number of nitrogens with zero attached hydrogens (tertiary/aromatic N) is 1. The van der Waals surface area contributed by atoms with Gasteiger partial charge in [-0.25, -0.2) is 0 Å².